The van der Waals surface area contributed by atoms with E-state index in [1.807, 2.05) is 0 Å². The fourth-order valence-electron chi connectivity index (χ4n) is 4.71. The monoisotopic (exact) mass is 580 g/mol. The molecule has 4 aromatic rings. The number of carbonyl (C=O) groups is 3. The standard InChI is InChI=1S/C29H23F3N4O4S/c30-29(31,32)20-7-5-18(6-8-20)22-3-1-2-4-23(22)27(39)35-13-11-19(12-14-35)26-34-24(16-41-26)28(40)36-17-33-15-21(36)9-10-25(37)38/h1-10,15-17,19H,11-14H2,(H,37,38). The van der Waals surface area contributed by atoms with E-state index in [9.17, 15) is 27.6 Å². The molecule has 0 spiro atoms. The summed E-state index contributed by atoms with van der Waals surface area (Å²) in [5.41, 5.74) is 1.29. The van der Waals surface area contributed by atoms with Crippen molar-refractivity contribution in [3.63, 3.8) is 0 Å². The minimum atomic E-state index is -4.44. The predicted octanol–water partition coefficient (Wildman–Crippen LogP) is 5.83. The lowest BCUT2D eigenvalue weighted by atomic mass is 9.94. The molecule has 2 aromatic heterocycles. The highest BCUT2D eigenvalue weighted by molar-refractivity contribution is 7.09. The maximum atomic E-state index is 13.5. The molecular weight excluding hydrogens is 557 g/mol. The first kappa shape index (κ1) is 28.0. The lowest BCUT2D eigenvalue weighted by Gasteiger charge is -2.31. The number of piperidine rings is 1. The van der Waals surface area contributed by atoms with E-state index >= 15 is 0 Å². The summed E-state index contributed by atoms with van der Waals surface area (Å²) < 4.78 is 40.2. The van der Waals surface area contributed by atoms with Gasteiger partial charge in [0.05, 0.1) is 22.5 Å². The number of carboxylic acids is 1. The normalized spacial score (nSPS) is 14.5. The predicted molar refractivity (Wildman–Crippen MR) is 145 cm³/mol. The number of aliphatic carboxylic acids is 1. The Balaban J connectivity index is 1.26. The van der Waals surface area contributed by atoms with Crippen LogP contribution < -0.4 is 0 Å². The van der Waals surface area contributed by atoms with Crippen LogP contribution in [0.3, 0.4) is 0 Å². The second-order valence-corrected chi connectivity index (χ2v) is 10.3. The minimum Gasteiger partial charge on any atom is -0.478 e. The number of benzene rings is 2. The zero-order valence-corrected chi connectivity index (χ0v) is 22.2. The fraction of sp³-hybridized carbons (Fsp3) is 0.207. The molecule has 1 aliphatic rings. The molecule has 0 radical (unpaired) electrons. The summed E-state index contributed by atoms with van der Waals surface area (Å²) in [6.45, 7) is 0.915. The van der Waals surface area contributed by atoms with Crippen LogP contribution in [0.4, 0.5) is 13.2 Å². The molecule has 1 aliphatic heterocycles. The first-order valence-electron chi connectivity index (χ1n) is 12.6. The number of aromatic nitrogens is 3. The number of hydrogen-bond donors (Lipinski definition) is 1. The molecule has 0 aliphatic carbocycles. The number of imidazole rings is 1. The second kappa shape index (κ2) is 11.5. The number of halogens is 3. The van der Waals surface area contributed by atoms with Gasteiger partial charge in [0.15, 0.2) is 0 Å². The van der Waals surface area contributed by atoms with Crippen molar-refractivity contribution in [3.05, 3.63) is 100 Å². The summed E-state index contributed by atoms with van der Waals surface area (Å²) in [6, 6.07) is 11.6. The molecule has 2 aromatic carbocycles. The van der Waals surface area contributed by atoms with Gasteiger partial charge in [-0.15, -0.1) is 11.3 Å². The van der Waals surface area contributed by atoms with Crippen LogP contribution >= 0.6 is 11.3 Å². The first-order chi connectivity index (χ1) is 19.6. The Morgan fingerprint density at radius 3 is 2.39 bits per heavy atom. The first-order valence-corrected chi connectivity index (χ1v) is 13.5. The summed E-state index contributed by atoms with van der Waals surface area (Å²) in [4.78, 5) is 47.4. The smallest absolute Gasteiger partial charge is 0.416 e. The third-order valence-electron chi connectivity index (χ3n) is 6.84. The van der Waals surface area contributed by atoms with Gasteiger partial charge in [0, 0.05) is 36.0 Å². The van der Waals surface area contributed by atoms with E-state index in [1.165, 1.54) is 46.6 Å². The largest absolute Gasteiger partial charge is 0.478 e. The number of carbonyl (C=O) groups excluding carboxylic acids is 2. The van der Waals surface area contributed by atoms with Gasteiger partial charge in [-0.05, 0) is 48.2 Å². The van der Waals surface area contributed by atoms with Crippen LogP contribution in [-0.2, 0) is 11.0 Å². The Hall–Kier alpha value is -4.58. The van der Waals surface area contributed by atoms with Gasteiger partial charge in [-0.25, -0.2) is 14.8 Å². The van der Waals surface area contributed by atoms with Crippen molar-refractivity contribution < 1.29 is 32.7 Å². The molecule has 0 bridgehead atoms. The molecule has 1 fully saturated rings. The summed E-state index contributed by atoms with van der Waals surface area (Å²) in [5.74, 6) is -1.72. The number of rotatable bonds is 6. The quantitative estimate of drug-likeness (QED) is 0.288. The number of alkyl halides is 3. The maximum absolute atomic E-state index is 13.5. The highest BCUT2D eigenvalue weighted by Gasteiger charge is 2.31. The SMILES string of the molecule is O=C(O)C=Cc1cncn1C(=O)c1csc(C2CCN(C(=O)c3ccccc3-c3ccc(C(F)(F)F)cc3)CC2)n1. The van der Waals surface area contributed by atoms with Gasteiger partial charge in [-0.3, -0.25) is 14.2 Å². The average molecular weight is 581 g/mol. The third kappa shape index (κ3) is 6.12. The van der Waals surface area contributed by atoms with Crippen LogP contribution in [0.25, 0.3) is 17.2 Å². The van der Waals surface area contributed by atoms with E-state index in [2.05, 4.69) is 9.97 Å². The van der Waals surface area contributed by atoms with E-state index in [4.69, 9.17) is 5.11 Å². The Morgan fingerprint density at radius 1 is 1.00 bits per heavy atom. The topological polar surface area (TPSA) is 105 Å². The molecule has 5 rings (SSSR count). The molecule has 12 heteroatoms. The molecule has 0 unspecified atom stereocenters. The average Bonchev–Trinajstić information content (AvgIpc) is 3.65. The number of carboxylic acid groups (broad SMARTS) is 1. The molecule has 1 saturated heterocycles. The molecule has 1 amide bonds. The summed E-state index contributed by atoms with van der Waals surface area (Å²) >= 11 is 1.35. The van der Waals surface area contributed by atoms with Crippen molar-refractivity contribution in [2.45, 2.75) is 24.9 Å². The van der Waals surface area contributed by atoms with Gasteiger partial charge in [0.2, 0.25) is 0 Å². The summed E-state index contributed by atoms with van der Waals surface area (Å²) in [7, 11) is 0. The number of thiazole rings is 1. The lowest BCUT2D eigenvalue weighted by molar-refractivity contribution is -0.137. The molecule has 41 heavy (non-hydrogen) atoms. The number of hydrogen-bond acceptors (Lipinski definition) is 6. The molecule has 0 atom stereocenters. The minimum absolute atomic E-state index is 0.0462. The van der Waals surface area contributed by atoms with Crippen LogP contribution in [0.1, 0.15) is 55.9 Å². The van der Waals surface area contributed by atoms with E-state index in [0.29, 0.717) is 48.3 Å². The van der Waals surface area contributed by atoms with Gasteiger partial charge < -0.3 is 10.0 Å². The number of amides is 1. The highest BCUT2D eigenvalue weighted by Crippen LogP contribution is 2.34. The molecule has 0 saturated carbocycles. The highest BCUT2D eigenvalue weighted by atomic mass is 32.1. The lowest BCUT2D eigenvalue weighted by Crippen LogP contribution is -2.38. The van der Waals surface area contributed by atoms with Gasteiger partial charge >= 0.3 is 12.1 Å². The van der Waals surface area contributed by atoms with Crippen molar-refractivity contribution >= 4 is 35.2 Å². The van der Waals surface area contributed by atoms with Crippen LogP contribution in [0.15, 0.2) is 72.5 Å². The van der Waals surface area contributed by atoms with E-state index < -0.39 is 23.6 Å². The number of likely N-dealkylation sites (tertiary alicyclic amines) is 1. The van der Waals surface area contributed by atoms with Crippen molar-refractivity contribution in [2.75, 3.05) is 13.1 Å². The van der Waals surface area contributed by atoms with Gasteiger partial charge in [0.1, 0.15) is 12.0 Å². The van der Waals surface area contributed by atoms with Crippen molar-refractivity contribution in [3.8, 4) is 11.1 Å². The molecule has 8 nitrogen and oxygen atoms in total. The van der Waals surface area contributed by atoms with E-state index in [-0.39, 0.29) is 17.5 Å². The van der Waals surface area contributed by atoms with Crippen LogP contribution in [0.5, 0.6) is 0 Å². The van der Waals surface area contributed by atoms with Crippen LogP contribution in [-0.4, -0.2) is 55.4 Å². The Morgan fingerprint density at radius 2 is 1.71 bits per heavy atom. The van der Waals surface area contributed by atoms with E-state index in [0.717, 1.165) is 23.2 Å². The summed E-state index contributed by atoms with van der Waals surface area (Å²) in [5, 5.41) is 11.3. The zero-order valence-electron chi connectivity index (χ0n) is 21.4. The molecule has 3 heterocycles. The van der Waals surface area contributed by atoms with Crippen LogP contribution in [0, 0.1) is 0 Å². The van der Waals surface area contributed by atoms with Crippen molar-refractivity contribution in [1.29, 1.82) is 0 Å². The fourth-order valence-corrected chi connectivity index (χ4v) is 5.68. The van der Waals surface area contributed by atoms with Crippen LogP contribution in [0.2, 0.25) is 0 Å². The van der Waals surface area contributed by atoms with Gasteiger partial charge in [-0.2, -0.15) is 13.2 Å². The number of nitrogens with zero attached hydrogens (tertiary/aromatic N) is 4. The van der Waals surface area contributed by atoms with Gasteiger partial charge in [0.25, 0.3) is 11.8 Å². The van der Waals surface area contributed by atoms with Gasteiger partial charge in [-0.1, -0.05) is 30.3 Å². The van der Waals surface area contributed by atoms with Crippen molar-refractivity contribution in [2.24, 2.45) is 0 Å². The Kier molecular flexibility index (Phi) is 7.84. The molecule has 210 valence electrons. The third-order valence-corrected chi connectivity index (χ3v) is 7.84. The maximum Gasteiger partial charge on any atom is 0.416 e. The zero-order chi connectivity index (χ0) is 29.1. The molecule has 1 N–H and O–H groups in total. The summed E-state index contributed by atoms with van der Waals surface area (Å²) in [6.07, 6.45) is 1.71. The van der Waals surface area contributed by atoms with E-state index in [1.54, 1.807) is 34.5 Å². The molecular formula is C29H23F3N4O4S. The Labute approximate surface area is 236 Å². The second-order valence-electron chi connectivity index (χ2n) is 9.42. The van der Waals surface area contributed by atoms with Crippen molar-refractivity contribution in [1.82, 2.24) is 19.4 Å². The Bertz CT molecular complexity index is 1620.